The molecule has 1 saturated heterocycles. The highest BCUT2D eigenvalue weighted by atomic mass is 19.2. The molecule has 4 rings (SSSR count). The highest BCUT2D eigenvalue weighted by molar-refractivity contribution is 5.97. The number of hydrogen-bond donors (Lipinski definition) is 2. The van der Waals surface area contributed by atoms with Gasteiger partial charge in [0, 0.05) is 43.4 Å². The van der Waals surface area contributed by atoms with Crippen LogP contribution in [0, 0.1) is 17.6 Å². The minimum absolute atomic E-state index is 0.166. The Morgan fingerprint density at radius 1 is 0.941 bits per heavy atom. The molecule has 2 amide bonds. The zero-order valence-electron chi connectivity index (χ0n) is 18.7. The van der Waals surface area contributed by atoms with Crippen molar-refractivity contribution in [3.8, 4) is 0 Å². The van der Waals surface area contributed by atoms with Crippen molar-refractivity contribution in [2.24, 2.45) is 5.92 Å². The Balaban J connectivity index is 1.37. The van der Waals surface area contributed by atoms with Crippen molar-refractivity contribution in [3.63, 3.8) is 0 Å². The smallest absolute Gasteiger partial charge is 0.251 e. The van der Waals surface area contributed by atoms with Crippen LogP contribution in [0.4, 0.5) is 14.5 Å². The molecule has 0 aromatic heterocycles. The molecule has 0 bridgehead atoms. The molecule has 5 nitrogen and oxygen atoms in total. The maximum atomic E-state index is 13.6. The van der Waals surface area contributed by atoms with Gasteiger partial charge in [-0.15, -0.1) is 0 Å². The first-order chi connectivity index (χ1) is 16.5. The Hall–Kier alpha value is -3.74. The Kier molecular flexibility index (Phi) is 7.52. The molecule has 176 valence electrons. The second-order valence-corrected chi connectivity index (χ2v) is 8.53. The predicted molar refractivity (Wildman–Crippen MR) is 128 cm³/mol. The summed E-state index contributed by atoms with van der Waals surface area (Å²) in [5.41, 5.74) is 2.07. The Labute approximate surface area is 197 Å². The van der Waals surface area contributed by atoms with Crippen LogP contribution in [0.2, 0.25) is 0 Å². The third kappa shape index (κ3) is 5.98. The number of carbonyl (C=O) groups is 2. The van der Waals surface area contributed by atoms with E-state index in [-0.39, 0.29) is 17.7 Å². The van der Waals surface area contributed by atoms with Crippen LogP contribution in [0.3, 0.4) is 0 Å². The van der Waals surface area contributed by atoms with E-state index in [1.807, 2.05) is 41.3 Å². The van der Waals surface area contributed by atoms with E-state index in [1.54, 1.807) is 30.3 Å². The molecule has 1 aliphatic heterocycles. The Bertz CT molecular complexity index is 1130. The van der Waals surface area contributed by atoms with Crippen LogP contribution in [0.25, 0.3) is 0 Å². The van der Waals surface area contributed by atoms with Gasteiger partial charge in [0.05, 0.1) is 0 Å². The van der Waals surface area contributed by atoms with E-state index in [2.05, 4.69) is 10.6 Å². The standard InChI is InChI=1S/C27H27F2N3O2/c28-23-12-11-22(16-24(23)29)32-14-13-20(18-32)17-30-27(34)25(15-19-7-3-1-4-8-19)31-26(33)21-9-5-2-6-10-21/h1-12,16,20,25H,13-15,17-18H2,(H,30,34)(H,31,33). The summed E-state index contributed by atoms with van der Waals surface area (Å²) < 4.78 is 26.8. The Morgan fingerprint density at radius 3 is 2.35 bits per heavy atom. The number of nitrogens with zero attached hydrogens (tertiary/aromatic N) is 1. The van der Waals surface area contributed by atoms with Gasteiger partial charge >= 0.3 is 0 Å². The predicted octanol–water partition coefficient (Wildman–Crippen LogP) is 3.95. The van der Waals surface area contributed by atoms with Crippen molar-refractivity contribution in [3.05, 3.63) is 102 Å². The number of halogens is 2. The van der Waals surface area contributed by atoms with Gasteiger partial charge < -0.3 is 15.5 Å². The van der Waals surface area contributed by atoms with E-state index in [1.165, 1.54) is 6.07 Å². The zero-order chi connectivity index (χ0) is 23.9. The van der Waals surface area contributed by atoms with E-state index >= 15 is 0 Å². The number of amides is 2. The topological polar surface area (TPSA) is 61.4 Å². The van der Waals surface area contributed by atoms with Crippen LogP contribution < -0.4 is 15.5 Å². The summed E-state index contributed by atoms with van der Waals surface area (Å²) in [5.74, 6) is -2.12. The molecule has 1 aliphatic rings. The first-order valence-corrected chi connectivity index (χ1v) is 11.4. The second-order valence-electron chi connectivity index (χ2n) is 8.53. The minimum atomic E-state index is -0.868. The third-order valence-electron chi connectivity index (χ3n) is 6.06. The number of nitrogens with one attached hydrogen (secondary N) is 2. The van der Waals surface area contributed by atoms with Gasteiger partial charge in [-0.05, 0) is 42.2 Å². The molecular formula is C27H27F2N3O2. The van der Waals surface area contributed by atoms with Crippen molar-refractivity contribution >= 4 is 17.5 Å². The van der Waals surface area contributed by atoms with Crippen LogP contribution in [0.5, 0.6) is 0 Å². The van der Waals surface area contributed by atoms with Gasteiger partial charge in [-0.1, -0.05) is 48.5 Å². The molecule has 0 radical (unpaired) electrons. The number of benzene rings is 3. The second kappa shape index (κ2) is 10.9. The van der Waals surface area contributed by atoms with E-state index in [9.17, 15) is 18.4 Å². The lowest BCUT2D eigenvalue weighted by Gasteiger charge is -2.21. The fourth-order valence-corrected chi connectivity index (χ4v) is 4.17. The summed E-state index contributed by atoms with van der Waals surface area (Å²) in [6.45, 7) is 1.76. The summed E-state index contributed by atoms with van der Waals surface area (Å²) in [6.07, 6.45) is 1.19. The monoisotopic (exact) mass is 463 g/mol. The lowest BCUT2D eigenvalue weighted by atomic mass is 10.0. The zero-order valence-corrected chi connectivity index (χ0v) is 18.7. The number of hydrogen-bond acceptors (Lipinski definition) is 3. The molecule has 0 spiro atoms. The maximum absolute atomic E-state index is 13.6. The summed E-state index contributed by atoms with van der Waals surface area (Å²) in [4.78, 5) is 27.8. The van der Waals surface area contributed by atoms with Crippen LogP contribution in [-0.4, -0.2) is 37.5 Å². The molecule has 3 aromatic rings. The lowest BCUT2D eigenvalue weighted by molar-refractivity contribution is -0.123. The van der Waals surface area contributed by atoms with Gasteiger partial charge in [0.25, 0.3) is 5.91 Å². The molecule has 7 heteroatoms. The third-order valence-corrected chi connectivity index (χ3v) is 6.06. The van der Waals surface area contributed by atoms with Crippen molar-refractivity contribution in [1.29, 1.82) is 0 Å². The number of carbonyl (C=O) groups excluding carboxylic acids is 2. The molecule has 3 aromatic carbocycles. The van der Waals surface area contributed by atoms with Crippen LogP contribution >= 0.6 is 0 Å². The van der Waals surface area contributed by atoms with Crippen LogP contribution in [-0.2, 0) is 11.2 Å². The minimum Gasteiger partial charge on any atom is -0.371 e. The van der Waals surface area contributed by atoms with Crippen LogP contribution in [0.15, 0.2) is 78.9 Å². The number of rotatable bonds is 8. The molecular weight excluding hydrogens is 436 g/mol. The fourth-order valence-electron chi connectivity index (χ4n) is 4.17. The lowest BCUT2D eigenvalue weighted by Crippen LogP contribution is -2.49. The van der Waals surface area contributed by atoms with Crippen molar-refractivity contribution in [1.82, 2.24) is 10.6 Å². The van der Waals surface area contributed by atoms with E-state index in [0.717, 1.165) is 18.1 Å². The maximum Gasteiger partial charge on any atom is 0.251 e. The molecule has 2 N–H and O–H groups in total. The van der Waals surface area contributed by atoms with Crippen molar-refractivity contribution in [2.75, 3.05) is 24.5 Å². The summed E-state index contributed by atoms with van der Waals surface area (Å²) in [7, 11) is 0. The van der Waals surface area contributed by atoms with Gasteiger partial charge in [-0.25, -0.2) is 8.78 Å². The van der Waals surface area contributed by atoms with Gasteiger partial charge in [0.1, 0.15) is 6.04 Å². The average molecular weight is 464 g/mol. The van der Waals surface area contributed by atoms with Gasteiger partial charge in [-0.3, -0.25) is 9.59 Å². The van der Waals surface area contributed by atoms with Gasteiger partial charge in [0.15, 0.2) is 11.6 Å². The van der Waals surface area contributed by atoms with Crippen LogP contribution in [0.1, 0.15) is 22.3 Å². The van der Waals surface area contributed by atoms with E-state index in [0.29, 0.717) is 37.3 Å². The normalized spacial score (nSPS) is 16.2. The number of anilines is 1. The SMILES string of the molecule is O=C(NC(Cc1ccccc1)C(=O)NCC1CCN(c2ccc(F)c(F)c2)C1)c1ccccc1. The van der Waals surface area contributed by atoms with Crippen molar-refractivity contribution in [2.45, 2.75) is 18.9 Å². The molecule has 0 aliphatic carbocycles. The largest absolute Gasteiger partial charge is 0.371 e. The fraction of sp³-hybridized carbons (Fsp3) is 0.259. The first-order valence-electron chi connectivity index (χ1n) is 11.4. The van der Waals surface area contributed by atoms with E-state index < -0.39 is 17.7 Å². The van der Waals surface area contributed by atoms with E-state index in [4.69, 9.17) is 0 Å². The van der Waals surface area contributed by atoms with Gasteiger partial charge in [0.2, 0.25) is 5.91 Å². The molecule has 2 atom stereocenters. The summed E-state index contributed by atoms with van der Waals surface area (Å²) in [5, 5.41) is 5.84. The quantitative estimate of drug-likeness (QED) is 0.532. The molecule has 34 heavy (non-hydrogen) atoms. The summed E-state index contributed by atoms with van der Waals surface area (Å²) in [6, 6.07) is 21.5. The van der Waals surface area contributed by atoms with Crippen molar-refractivity contribution < 1.29 is 18.4 Å². The highest BCUT2D eigenvalue weighted by Crippen LogP contribution is 2.25. The summed E-state index contributed by atoms with van der Waals surface area (Å²) >= 11 is 0. The average Bonchev–Trinajstić information content (AvgIpc) is 3.34. The first kappa shape index (κ1) is 23.4. The van der Waals surface area contributed by atoms with Gasteiger partial charge in [-0.2, -0.15) is 0 Å². The highest BCUT2D eigenvalue weighted by Gasteiger charge is 2.26. The molecule has 1 heterocycles. The molecule has 1 fully saturated rings. The molecule has 2 unspecified atom stereocenters. The Morgan fingerprint density at radius 2 is 1.65 bits per heavy atom. The molecule has 0 saturated carbocycles.